The molecule has 0 aromatic rings. The predicted molar refractivity (Wildman–Crippen MR) is 71.0 cm³/mol. The van der Waals surface area contributed by atoms with Crippen LogP contribution in [0.25, 0.3) is 0 Å². The first kappa shape index (κ1) is 15.5. The Labute approximate surface area is 114 Å². The maximum absolute atomic E-state index is 11.8. The van der Waals surface area contributed by atoms with Crippen LogP contribution in [0.2, 0.25) is 0 Å². The molecule has 0 bridgehead atoms. The number of alkyl halides is 1. The van der Waals surface area contributed by atoms with Gasteiger partial charge in [0.25, 0.3) is 0 Å². The number of piperazine rings is 1. The number of aliphatic hydroxyl groups excluding tert-OH is 1. The highest BCUT2D eigenvalue weighted by atomic mass is 35.5. The molecule has 6 heteroatoms. The van der Waals surface area contributed by atoms with Gasteiger partial charge in [0.1, 0.15) is 5.60 Å². The van der Waals surface area contributed by atoms with E-state index in [-0.39, 0.29) is 12.0 Å². The first-order valence-corrected chi connectivity index (χ1v) is 6.79. The standard InChI is InChI=1S/C12H23ClN2O3/c1-12(2,3)18-11(17)15-6-4-14(5-7-15)9-10(16)8-13/h10,16H,4-9H2,1-3H3/t10-/m1/s1. The van der Waals surface area contributed by atoms with E-state index >= 15 is 0 Å². The minimum Gasteiger partial charge on any atom is -0.444 e. The second-order valence-electron chi connectivity index (χ2n) is 5.58. The molecular formula is C12H23ClN2O3. The predicted octanol–water partition coefficient (Wildman–Crippen LogP) is 1.14. The summed E-state index contributed by atoms with van der Waals surface area (Å²) in [4.78, 5) is 15.6. The summed E-state index contributed by atoms with van der Waals surface area (Å²) in [7, 11) is 0. The Bertz CT molecular complexity index is 273. The Morgan fingerprint density at radius 3 is 2.33 bits per heavy atom. The summed E-state index contributed by atoms with van der Waals surface area (Å²) < 4.78 is 5.31. The molecule has 0 spiro atoms. The molecule has 1 amide bonds. The third-order valence-corrected chi connectivity index (χ3v) is 3.03. The van der Waals surface area contributed by atoms with Gasteiger partial charge in [-0.25, -0.2) is 4.79 Å². The third-order valence-electron chi connectivity index (χ3n) is 2.67. The number of carbonyl (C=O) groups excluding carboxylic acids is 1. The van der Waals surface area contributed by atoms with Crippen LogP contribution in [0.3, 0.4) is 0 Å². The van der Waals surface area contributed by atoms with Crippen LogP contribution in [-0.4, -0.2) is 71.3 Å². The molecule has 1 saturated heterocycles. The summed E-state index contributed by atoms with van der Waals surface area (Å²) in [6, 6.07) is 0. The molecule has 5 nitrogen and oxygen atoms in total. The van der Waals surface area contributed by atoms with Crippen LogP contribution in [-0.2, 0) is 4.74 Å². The summed E-state index contributed by atoms with van der Waals surface area (Å²) >= 11 is 5.56. The number of β-amino-alcohol motifs (C(OH)–C–C–N with tert-alkyl or cyclic N) is 1. The number of hydrogen-bond donors (Lipinski definition) is 1. The summed E-state index contributed by atoms with van der Waals surface area (Å²) in [5.41, 5.74) is -0.455. The van der Waals surface area contributed by atoms with Gasteiger partial charge in [-0.1, -0.05) is 0 Å². The van der Waals surface area contributed by atoms with E-state index in [4.69, 9.17) is 16.3 Å². The molecule has 0 saturated carbocycles. The molecular weight excluding hydrogens is 256 g/mol. The second kappa shape index (κ2) is 6.59. The molecule has 1 heterocycles. The zero-order valence-electron chi connectivity index (χ0n) is 11.4. The van der Waals surface area contributed by atoms with E-state index in [2.05, 4.69) is 4.90 Å². The summed E-state index contributed by atoms with van der Waals surface area (Å²) in [5, 5.41) is 9.46. The first-order chi connectivity index (χ1) is 8.31. The van der Waals surface area contributed by atoms with Gasteiger partial charge >= 0.3 is 6.09 Å². The number of hydrogen-bond acceptors (Lipinski definition) is 4. The van der Waals surface area contributed by atoms with Crippen molar-refractivity contribution in [3.05, 3.63) is 0 Å². The van der Waals surface area contributed by atoms with Gasteiger partial charge in [0.2, 0.25) is 0 Å². The third kappa shape index (κ3) is 5.42. The quantitative estimate of drug-likeness (QED) is 0.787. The average Bonchev–Trinajstić information content (AvgIpc) is 2.27. The zero-order chi connectivity index (χ0) is 13.8. The van der Waals surface area contributed by atoms with Crippen molar-refractivity contribution >= 4 is 17.7 Å². The van der Waals surface area contributed by atoms with E-state index in [9.17, 15) is 9.90 Å². The fourth-order valence-electron chi connectivity index (χ4n) is 1.79. The summed E-state index contributed by atoms with van der Waals surface area (Å²) in [6.45, 7) is 8.88. The molecule has 18 heavy (non-hydrogen) atoms. The van der Waals surface area contributed by atoms with E-state index < -0.39 is 11.7 Å². The van der Waals surface area contributed by atoms with Gasteiger partial charge in [-0.3, -0.25) is 4.90 Å². The van der Waals surface area contributed by atoms with E-state index in [1.54, 1.807) is 4.90 Å². The lowest BCUT2D eigenvalue weighted by molar-refractivity contribution is 0.0111. The molecule has 0 aromatic carbocycles. The van der Waals surface area contributed by atoms with E-state index in [1.807, 2.05) is 20.8 Å². The van der Waals surface area contributed by atoms with Crippen molar-refractivity contribution in [2.75, 3.05) is 38.6 Å². The van der Waals surface area contributed by atoms with Crippen molar-refractivity contribution in [3.8, 4) is 0 Å². The van der Waals surface area contributed by atoms with Crippen LogP contribution in [0, 0.1) is 0 Å². The molecule has 1 N–H and O–H groups in total. The van der Waals surface area contributed by atoms with E-state index in [0.29, 0.717) is 19.6 Å². The topological polar surface area (TPSA) is 53.0 Å². The SMILES string of the molecule is CC(C)(C)OC(=O)N1CCN(C[C@H](O)CCl)CC1. The van der Waals surface area contributed by atoms with Crippen LogP contribution in [0.1, 0.15) is 20.8 Å². The van der Waals surface area contributed by atoms with Crippen LogP contribution < -0.4 is 0 Å². The smallest absolute Gasteiger partial charge is 0.410 e. The van der Waals surface area contributed by atoms with Gasteiger partial charge in [-0.2, -0.15) is 0 Å². The fourth-order valence-corrected chi connectivity index (χ4v) is 1.88. The van der Waals surface area contributed by atoms with Gasteiger partial charge in [-0.15, -0.1) is 11.6 Å². The number of ether oxygens (including phenoxy) is 1. The number of rotatable bonds is 3. The van der Waals surface area contributed by atoms with Gasteiger partial charge in [0, 0.05) is 38.6 Å². The van der Waals surface area contributed by atoms with Crippen molar-refractivity contribution in [3.63, 3.8) is 0 Å². The number of carbonyl (C=O) groups is 1. The number of amides is 1. The van der Waals surface area contributed by atoms with Gasteiger partial charge in [0.05, 0.1) is 6.10 Å². The Kier molecular flexibility index (Phi) is 5.69. The molecule has 1 rings (SSSR count). The molecule has 1 aliphatic rings. The van der Waals surface area contributed by atoms with Gasteiger partial charge < -0.3 is 14.7 Å². The molecule has 106 valence electrons. The molecule has 0 radical (unpaired) electrons. The highest BCUT2D eigenvalue weighted by Crippen LogP contribution is 2.12. The van der Waals surface area contributed by atoms with Crippen molar-refractivity contribution < 1.29 is 14.6 Å². The Hall–Kier alpha value is -0.520. The molecule has 0 aromatic heterocycles. The lowest BCUT2D eigenvalue weighted by Gasteiger charge is -2.36. The second-order valence-corrected chi connectivity index (χ2v) is 5.88. The highest BCUT2D eigenvalue weighted by Gasteiger charge is 2.26. The van der Waals surface area contributed by atoms with Crippen molar-refractivity contribution in [2.24, 2.45) is 0 Å². The normalized spacial score (nSPS) is 19.7. The van der Waals surface area contributed by atoms with Crippen LogP contribution in [0.15, 0.2) is 0 Å². The minimum absolute atomic E-state index is 0.242. The van der Waals surface area contributed by atoms with Crippen LogP contribution in [0.5, 0.6) is 0 Å². The molecule has 0 unspecified atom stereocenters. The molecule has 0 aliphatic carbocycles. The minimum atomic E-state index is -0.500. The average molecular weight is 279 g/mol. The largest absolute Gasteiger partial charge is 0.444 e. The summed E-state index contributed by atoms with van der Waals surface area (Å²) in [6.07, 6.45) is -0.764. The Morgan fingerprint density at radius 1 is 1.33 bits per heavy atom. The zero-order valence-corrected chi connectivity index (χ0v) is 12.1. The first-order valence-electron chi connectivity index (χ1n) is 6.26. The van der Waals surface area contributed by atoms with Gasteiger partial charge in [0.15, 0.2) is 0 Å². The Balaban J connectivity index is 2.33. The maximum atomic E-state index is 11.8. The molecule has 1 aliphatic heterocycles. The van der Waals surface area contributed by atoms with Crippen LogP contribution in [0.4, 0.5) is 4.79 Å². The lowest BCUT2D eigenvalue weighted by atomic mass is 10.2. The van der Waals surface area contributed by atoms with Crippen LogP contribution >= 0.6 is 11.6 Å². The molecule has 1 fully saturated rings. The number of halogens is 1. The molecule has 1 atom stereocenters. The Morgan fingerprint density at radius 2 is 1.89 bits per heavy atom. The number of aliphatic hydroxyl groups is 1. The van der Waals surface area contributed by atoms with Gasteiger partial charge in [-0.05, 0) is 20.8 Å². The monoisotopic (exact) mass is 278 g/mol. The van der Waals surface area contributed by atoms with Crippen molar-refractivity contribution in [2.45, 2.75) is 32.5 Å². The van der Waals surface area contributed by atoms with Crippen molar-refractivity contribution in [1.82, 2.24) is 9.80 Å². The number of nitrogens with zero attached hydrogens (tertiary/aromatic N) is 2. The van der Waals surface area contributed by atoms with E-state index in [0.717, 1.165) is 13.1 Å². The highest BCUT2D eigenvalue weighted by molar-refractivity contribution is 6.18. The van der Waals surface area contributed by atoms with Crippen molar-refractivity contribution in [1.29, 1.82) is 0 Å². The fraction of sp³-hybridized carbons (Fsp3) is 0.917. The lowest BCUT2D eigenvalue weighted by Crippen LogP contribution is -2.51. The maximum Gasteiger partial charge on any atom is 0.410 e. The summed E-state index contributed by atoms with van der Waals surface area (Å²) in [5.74, 6) is 0.242. The van der Waals surface area contributed by atoms with E-state index in [1.165, 1.54) is 0 Å².